The largest absolute Gasteiger partial charge is 0.351 e. The van der Waals surface area contributed by atoms with E-state index in [-0.39, 0.29) is 0 Å². The Morgan fingerprint density at radius 3 is 2.66 bits per heavy atom. The van der Waals surface area contributed by atoms with Crippen LogP contribution in [0.1, 0.15) is 56.2 Å². The number of aryl methyl sites for hydroxylation is 1. The van der Waals surface area contributed by atoms with Crippen molar-refractivity contribution in [3.63, 3.8) is 0 Å². The molecule has 3 heterocycles. The van der Waals surface area contributed by atoms with Crippen LogP contribution in [0.2, 0.25) is 0 Å². The Morgan fingerprint density at radius 2 is 1.91 bits per heavy atom. The van der Waals surface area contributed by atoms with Crippen LogP contribution >= 0.6 is 0 Å². The minimum absolute atomic E-state index is 0.424. The van der Waals surface area contributed by atoms with Gasteiger partial charge in [-0.3, -0.25) is 9.69 Å². The Morgan fingerprint density at radius 1 is 1.09 bits per heavy atom. The molecule has 2 aromatic heterocycles. The van der Waals surface area contributed by atoms with Crippen LogP contribution in [0.15, 0.2) is 42.6 Å². The van der Waals surface area contributed by atoms with E-state index >= 15 is 0 Å². The zero-order valence-electron chi connectivity index (χ0n) is 19.1. The molecule has 2 aromatic rings. The van der Waals surface area contributed by atoms with Crippen LogP contribution in [0, 0.1) is 5.92 Å². The zero-order chi connectivity index (χ0) is 21.9. The fourth-order valence-corrected chi connectivity index (χ4v) is 4.69. The number of hydrogen-bond donors (Lipinski definition) is 3. The summed E-state index contributed by atoms with van der Waals surface area (Å²) in [6.45, 7) is 0.886. The molecule has 3 N–H and O–H groups in total. The summed E-state index contributed by atoms with van der Waals surface area (Å²) in [6.07, 6.45) is 18.4. The highest BCUT2D eigenvalue weighted by molar-refractivity contribution is 5.75. The first-order valence-corrected chi connectivity index (χ1v) is 11.8. The minimum atomic E-state index is 0.424. The zero-order valence-corrected chi connectivity index (χ0v) is 19.1. The van der Waals surface area contributed by atoms with E-state index in [0.717, 1.165) is 56.2 Å². The van der Waals surface area contributed by atoms with Gasteiger partial charge in [0, 0.05) is 68.2 Å². The SMILES string of the molecule is CN1NC=CC(c2ccnc(NC3CCC(NCc4cnn(C)c4)CC3)n2)=C1CC1CC1. The van der Waals surface area contributed by atoms with Gasteiger partial charge in [-0.2, -0.15) is 5.10 Å². The van der Waals surface area contributed by atoms with E-state index in [2.05, 4.69) is 50.5 Å². The summed E-state index contributed by atoms with van der Waals surface area (Å²) in [5.74, 6) is 1.55. The maximum Gasteiger partial charge on any atom is 0.223 e. The molecule has 2 fully saturated rings. The molecule has 2 aliphatic carbocycles. The molecule has 0 bridgehead atoms. The number of hydrogen-bond acceptors (Lipinski definition) is 7. The third kappa shape index (κ3) is 5.12. The Labute approximate surface area is 190 Å². The normalized spacial score (nSPS) is 23.4. The number of allylic oxidation sites excluding steroid dienone is 3. The number of aromatic nitrogens is 4. The summed E-state index contributed by atoms with van der Waals surface area (Å²) < 4.78 is 1.86. The monoisotopic (exact) mass is 434 g/mol. The Hall–Kier alpha value is -2.87. The van der Waals surface area contributed by atoms with E-state index in [9.17, 15) is 0 Å². The Bertz CT molecular complexity index is 981. The summed E-state index contributed by atoms with van der Waals surface area (Å²) >= 11 is 0. The van der Waals surface area contributed by atoms with E-state index in [1.165, 1.54) is 29.7 Å². The minimum Gasteiger partial charge on any atom is -0.351 e. The van der Waals surface area contributed by atoms with Crippen LogP contribution in [0.3, 0.4) is 0 Å². The van der Waals surface area contributed by atoms with Crippen molar-refractivity contribution in [2.24, 2.45) is 13.0 Å². The van der Waals surface area contributed by atoms with Gasteiger partial charge >= 0.3 is 0 Å². The molecule has 0 aromatic carbocycles. The van der Waals surface area contributed by atoms with Crippen molar-refractivity contribution in [3.05, 3.63) is 53.9 Å². The number of hydrazine groups is 1. The van der Waals surface area contributed by atoms with Gasteiger partial charge in [-0.05, 0) is 63.0 Å². The predicted octanol–water partition coefficient (Wildman–Crippen LogP) is 3.20. The molecule has 0 spiro atoms. The first-order valence-electron chi connectivity index (χ1n) is 11.8. The Balaban J connectivity index is 1.18. The van der Waals surface area contributed by atoms with Gasteiger partial charge < -0.3 is 16.1 Å². The Kier molecular flexibility index (Phi) is 6.12. The van der Waals surface area contributed by atoms with Crippen LogP contribution in [0.5, 0.6) is 0 Å². The molecule has 8 heteroatoms. The maximum atomic E-state index is 4.89. The molecule has 8 nitrogen and oxygen atoms in total. The lowest BCUT2D eigenvalue weighted by Crippen LogP contribution is -2.36. The van der Waals surface area contributed by atoms with Crippen molar-refractivity contribution in [1.29, 1.82) is 0 Å². The van der Waals surface area contributed by atoms with Crippen LogP contribution in [-0.4, -0.2) is 43.9 Å². The van der Waals surface area contributed by atoms with Gasteiger partial charge in [0.25, 0.3) is 0 Å². The lowest BCUT2D eigenvalue weighted by atomic mass is 9.91. The van der Waals surface area contributed by atoms with Gasteiger partial charge in [0.2, 0.25) is 5.95 Å². The van der Waals surface area contributed by atoms with Gasteiger partial charge in [0.15, 0.2) is 0 Å². The van der Waals surface area contributed by atoms with Crippen LogP contribution in [0.25, 0.3) is 5.57 Å². The molecule has 3 aliphatic rings. The quantitative estimate of drug-likeness (QED) is 0.588. The second-order valence-electron chi connectivity index (χ2n) is 9.39. The lowest BCUT2D eigenvalue weighted by molar-refractivity contribution is 0.332. The summed E-state index contributed by atoms with van der Waals surface area (Å²) in [5.41, 5.74) is 8.05. The maximum absolute atomic E-state index is 4.89. The van der Waals surface area contributed by atoms with Gasteiger partial charge in [0.05, 0.1) is 11.9 Å². The molecule has 1 aliphatic heterocycles. The van der Waals surface area contributed by atoms with Crippen LogP contribution in [0.4, 0.5) is 5.95 Å². The van der Waals surface area contributed by atoms with E-state index in [4.69, 9.17) is 4.98 Å². The van der Waals surface area contributed by atoms with Gasteiger partial charge in [-0.25, -0.2) is 9.97 Å². The van der Waals surface area contributed by atoms with Crippen LogP contribution in [-0.2, 0) is 13.6 Å². The first-order chi connectivity index (χ1) is 15.6. The number of anilines is 1. The third-order valence-corrected chi connectivity index (χ3v) is 6.76. The molecular weight excluding hydrogens is 400 g/mol. The van der Waals surface area contributed by atoms with E-state index in [0.29, 0.717) is 12.1 Å². The summed E-state index contributed by atoms with van der Waals surface area (Å²) in [7, 11) is 4.05. The fraction of sp³-hybridized carbons (Fsp3) is 0.542. The van der Waals surface area contributed by atoms with Crippen molar-refractivity contribution in [1.82, 2.24) is 35.5 Å². The van der Waals surface area contributed by atoms with Crippen molar-refractivity contribution in [2.75, 3.05) is 12.4 Å². The predicted molar refractivity (Wildman–Crippen MR) is 126 cm³/mol. The second-order valence-corrected chi connectivity index (χ2v) is 9.39. The van der Waals surface area contributed by atoms with Crippen molar-refractivity contribution in [3.8, 4) is 0 Å². The van der Waals surface area contributed by atoms with Gasteiger partial charge in [0.1, 0.15) is 0 Å². The molecule has 5 rings (SSSR count). The molecule has 170 valence electrons. The average molecular weight is 435 g/mol. The molecule has 32 heavy (non-hydrogen) atoms. The lowest BCUT2D eigenvalue weighted by Gasteiger charge is -2.30. The topological polar surface area (TPSA) is 82.9 Å². The highest BCUT2D eigenvalue weighted by Gasteiger charge is 2.27. The molecule has 2 saturated carbocycles. The van der Waals surface area contributed by atoms with Crippen molar-refractivity contribution >= 4 is 11.5 Å². The second kappa shape index (κ2) is 9.32. The first kappa shape index (κ1) is 21.0. The molecule has 0 amide bonds. The van der Waals surface area contributed by atoms with Crippen molar-refractivity contribution in [2.45, 2.75) is 63.6 Å². The number of nitrogens with zero attached hydrogens (tertiary/aromatic N) is 5. The molecule has 0 saturated heterocycles. The third-order valence-electron chi connectivity index (χ3n) is 6.76. The van der Waals surface area contributed by atoms with Crippen LogP contribution < -0.4 is 16.1 Å². The smallest absolute Gasteiger partial charge is 0.223 e. The molecule has 0 atom stereocenters. The van der Waals surface area contributed by atoms with E-state index in [1.807, 2.05) is 36.4 Å². The summed E-state index contributed by atoms with van der Waals surface area (Å²) in [5, 5.41) is 13.7. The van der Waals surface area contributed by atoms with Crippen molar-refractivity contribution < 1.29 is 0 Å². The summed E-state index contributed by atoms with van der Waals surface area (Å²) in [4.78, 5) is 9.41. The standard InChI is InChI=1S/C24H34N8/c1-31-16-18(15-28-31)14-26-19-5-7-20(8-6-19)29-24-25-11-10-22(30-24)21-9-12-27-32(2)23(21)13-17-3-4-17/h9-12,15-17,19-20,26-27H,3-8,13-14H2,1-2H3,(H,25,29,30). The molecule has 0 radical (unpaired) electrons. The highest BCUT2D eigenvalue weighted by Crippen LogP contribution is 2.38. The summed E-state index contributed by atoms with van der Waals surface area (Å²) in [6, 6.07) is 3.01. The molecule has 0 unspecified atom stereocenters. The van der Waals surface area contributed by atoms with E-state index in [1.54, 1.807) is 0 Å². The average Bonchev–Trinajstić information content (AvgIpc) is 3.53. The van der Waals surface area contributed by atoms with E-state index < -0.39 is 0 Å². The number of rotatable bonds is 8. The number of nitrogens with one attached hydrogen (secondary N) is 3. The van der Waals surface area contributed by atoms with Gasteiger partial charge in [-0.1, -0.05) is 0 Å². The fourth-order valence-electron chi connectivity index (χ4n) is 4.69. The van der Waals surface area contributed by atoms with Gasteiger partial charge in [-0.15, -0.1) is 0 Å². The molecular formula is C24H34N8. The highest BCUT2D eigenvalue weighted by atomic mass is 15.5.